The van der Waals surface area contributed by atoms with Gasteiger partial charge in [0.1, 0.15) is 21.9 Å². The van der Waals surface area contributed by atoms with Crippen LogP contribution < -0.4 is 9.47 Å². The van der Waals surface area contributed by atoms with Gasteiger partial charge in [-0.2, -0.15) is 11.8 Å². The maximum Gasteiger partial charge on any atom is 0.326 e. The lowest BCUT2D eigenvalue weighted by Crippen LogP contribution is -2.44. The number of ether oxygens (including phenoxy) is 2. The molecule has 1 aliphatic heterocycles. The molecule has 0 bridgehead atoms. The lowest BCUT2D eigenvalue weighted by Gasteiger charge is -2.22. The summed E-state index contributed by atoms with van der Waals surface area (Å²) >= 11 is 7.89. The second-order valence-electron chi connectivity index (χ2n) is 5.30. The molecular formula is C17H19NO5S3. The minimum atomic E-state index is -1.06. The average Bonchev–Trinajstić information content (AvgIpc) is 2.89. The van der Waals surface area contributed by atoms with Crippen LogP contribution in [-0.4, -0.2) is 58.5 Å². The molecule has 26 heavy (non-hydrogen) atoms. The third kappa shape index (κ3) is 4.52. The number of benzene rings is 1. The van der Waals surface area contributed by atoms with Crippen molar-refractivity contribution in [2.75, 3.05) is 26.2 Å². The quantitative estimate of drug-likeness (QED) is 0.515. The Morgan fingerprint density at radius 1 is 1.42 bits per heavy atom. The third-order valence-corrected chi connectivity index (χ3v) is 5.72. The van der Waals surface area contributed by atoms with E-state index in [4.69, 9.17) is 21.7 Å². The van der Waals surface area contributed by atoms with E-state index in [0.717, 1.165) is 11.8 Å². The zero-order valence-corrected chi connectivity index (χ0v) is 17.0. The highest BCUT2D eigenvalue weighted by atomic mass is 32.2. The number of thiocarbonyl (C=S) groups is 1. The van der Waals surface area contributed by atoms with E-state index in [1.807, 2.05) is 6.26 Å². The summed E-state index contributed by atoms with van der Waals surface area (Å²) in [6, 6.07) is 4.28. The Morgan fingerprint density at radius 3 is 2.73 bits per heavy atom. The maximum absolute atomic E-state index is 12.8. The van der Waals surface area contributed by atoms with Crippen molar-refractivity contribution in [3.05, 3.63) is 28.7 Å². The summed E-state index contributed by atoms with van der Waals surface area (Å²) in [7, 11) is 3.08. The number of hydrogen-bond acceptors (Lipinski definition) is 7. The molecule has 1 amide bonds. The predicted molar refractivity (Wildman–Crippen MR) is 109 cm³/mol. The van der Waals surface area contributed by atoms with Gasteiger partial charge in [-0.3, -0.25) is 9.69 Å². The Morgan fingerprint density at radius 2 is 2.15 bits per heavy atom. The monoisotopic (exact) mass is 413 g/mol. The minimum Gasteiger partial charge on any atom is -0.497 e. The lowest BCUT2D eigenvalue weighted by molar-refractivity contribution is -0.145. The van der Waals surface area contributed by atoms with Gasteiger partial charge < -0.3 is 14.6 Å². The van der Waals surface area contributed by atoms with E-state index >= 15 is 0 Å². The van der Waals surface area contributed by atoms with Crippen molar-refractivity contribution in [3.63, 3.8) is 0 Å². The normalized spacial score (nSPS) is 16.9. The Kier molecular flexibility index (Phi) is 7.36. The Balaban J connectivity index is 2.33. The van der Waals surface area contributed by atoms with Gasteiger partial charge in [0.2, 0.25) is 0 Å². The number of hydrogen-bond donors (Lipinski definition) is 1. The molecule has 9 heteroatoms. The SMILES string of the molecule is COc1ccc(C=C2SC(=S)N(C(CCSC)C(=O)O)C2=O)c(OC)c1. The second-order valence-corrected chi connectivity index (χ2v) is 7.96. The van der Waals surface area contributed by atoms with Crippen LogP contribution in [0.25, 0.3) is 6.08 Å². The molecule has 1 unspecified atom stereocenters. The van der Waals surface area contributed by atoms with E-state index in [9.17, 15) is 14.7 Å². The number of methoxy groups -OCH3 is 2. The van der Waals surface area contributed by atoms with Crippen LogP contribution in [0.15, 0.2) is 23.1 Å². The molecule has 2 rings (SSSR count). The fraction of sp³-hybridized carbons (Fsp3) is 0.353. The number of thioether (sulfide) groups is 2. The van der Waals surface area contributed by atoms with Crippen molar-refractivity contribution in [1.82, 2.24) is 4.90 Å². The predicted octanol–water partition coefficient (Wildman–Crippen LogP) is 3.11. The highest BCUT2D eigenvalue weighted by Gasteiger charge is 2.40. The van der Waals surface area contributed by atoms with Gasteiger partial charge in [-0.1, -0.05) is 24.0 Å². The number of rotatable bonds is 8. The number of aliphatic carboxylic acids is 1. The van der Waals surface area contributed by atoms with E-state index in [0.29, 0.717) is 34.1 Å². The Bertz CT molecular complexity index is 750. The molecule has 1 saturated heterocycles. The van der Waals surface area contributed by atoms with Crippen molar-refractivity contribution in [1.29, 1.82) is 0 Å². The molecule has 0 spiro atoms. The topological polar surface area (TPSA) is 76.1 Å². The smallest absolute Gasteiger partial charge is 0.326 e. The summed E-state index contributed by atoms with van der Waals surface area (Å²) in [4.78, 5) is 25.9. The first-order valence-electron chi connectivity index (χ1n) is 7.63. The first-order chi connectivity index (χ1) is 12.4. The molecule has 140 valence electrons. The Labute approximate surface area is 165 Å². The van der Waals surface area contributed by atoms with Crippen LogP contribution in [0.4, 0.5) is 0 Å². The molecule has 1 aromatic rings. The van der Waals surface area contributed by atoms with Gasteiger partial charge in [-0.15, -0.1) is 0 Å². The summed E-state index contributed by atoms with van der Waals surface area (Å²) in [5.74, 6) is 0.352. The van der Waals surface area contributed by atoms with E-state index < -0.39 is 17.9 Å². The molecular weight excluding hydrogens is 394 g/mol. The first kappa shape index (κ1) is 20.6. The fourth-order valence-corrected chi connectivity index (χ4v) is 4.23. The lowest BCUT2D eigenvalue weighted by atomic mass is 10.1. The largest absolute Gasteiger partial charge is 0.497 e. The molecule has 0 radical (unpaired) electrons. The van der Waals surface area contributed by atoms with Gasteiger partial charge in [-0.25, -0.2) is 4.79 Å². The van der Waals surface area contributed by atoms with Crippen LogP contribution in [0.3, 0.4) is 0 Å². The molecule has 1 heterocycles. The maximum atomic E-state index is 12.8. The summed E-state index contributed by atoms with van der Waals surface area (Å²) in [5, 5.41) is 9.49. The Hall–Kier alpha value is -1.71. The third-order valence-electron chi connectivity index (χ3n) is 3.74. The molecule has 0 aliphatic carbocycles. The van der Waals surface area contributed by atoms with Gasteiger partial charge in [-0.05, 0) is 36.6 Å². The van der Waals surface area contributed by atoms with Crippen molar-refractivity contribution >= 4 is 58.0 Å². The molecule has 1 aromatic carbocycles. The molecule has 1 aliphatic rings. The number of carboxylic acids is 1. The van der Waals surface area contributed by atoms with Crippen LogP contribution in [0.2, 0.25) is 0 Å². The van der Waals surface area contributed by atoms with E-state index in [1.165, 1.54) is 23.8 Å². The van der Waals surface area contributed by atoms with Gasteiger partial charge in [0.15, 0.2) is 0 Å². The van der Waals surface area contributed by atoms with Crippen LogP contribution >= 0.6 is 35.7 Å². The fourth-order valence-electron chi connectivity index (χ4n) is 2.42. The number of amides is 1. The van der Waals surface area contributed by atoms with Crippen LogP contribution in [0.5, 0.6) is 11.5 Å². The zero-order valence-electron chi connectivity index (χ0n) is 14.6. The van der Waals surface area contributed by atoms with E-state index in [2.05, 4.69) is 0 Å². The minimum absolute atomic E-state index is 0.252. The summed E-state index contributed by atoms with van der Waals surface area (Å²) < 4.78 is 10.8. The molecule has 1 atom stereocenters. The summed E-state index contributed by atoms with van der Waals surface area (Å²) in [5.41, 5.74) is 0.685. The number of carbonyl (C=O) groups excluding carboxylic acids is 1. The van der Waals surface area contributed by atoms with Gasteiger partial charge in [0, 0.05) is 11.6 Å². The second kappa shape index (κ2) is 9.29. The zero-order chi connectivity index (χ0) is 19.3. The number of nitrogens with zero attached hydrogens (tertiary/aromatic N) is 1. The average molecular weight is 414 g/mol. The summed E-state index contributed by atoms with van der Waals surface area (Å²) in [6.45, 7) is 0. The van der Waals surface area contributed by atoms with Gasteiger partial charge >= 0.3 is 5.97 Å². The number of carboxylic acid groups (broad SMARTS) is 1. The van der Waals surface area contributed by atoms with Crippen LogP contribution in [0, 0.1) is 0 Å². The molecule has 1 fully saturated rings. The van der Waals surface area contributed by atoms with Crippen LogP contribution in [0.1, 0.15) is 12.0 Å². The highest BCUT2D eigenvalue weighted by molar-refractivity contribution is 8.26. The van der Waals surface area contributed by atoms with Crippen molar-refractivity contribution in [2.24, 2.45) is 0 Å². The molecule has 0 saturated carbocycles. The molecule has 0 aromatic heterocycles. The highest BCUT2D eigenvalue weighted by Crippen LogP contribution is 2.36. The molecule has 1 N–H and O–H groups in total. The van der Waals surface area contributed by atoms with Crippen molar-refractivity contribution in [3.8, 4) is 11.5 Å². The number of carbonyl (C=O) groups is 2. The molecule has 6 nitrogen and oxygen atoms in total. The van der Waals surface area contributed by atoms with E-state index in [1.54, 1.807) is 31.4 Å². The van der Waals surface area contributed by atoms with Crippen molar-refractivity contribution in [2.45, 2.75) is 12.5 Å². The standard InChI is InChI=1S/C17H19NO5S3/c1-22-11-5-4-10(13(9-11)23-2)8-14-15(19)18(17(24)26-14)12(16(20)21)6-7-25-3/h4-5,8-9,12H,6-7H2,1-3H3,(H,20,21). The van der Waals surface area contributed by atoms with E-state index in [-0.39, 0.29) is 4.32 Å². The van der Waals surface area contributed by atoms with Crippen LogP contribution in [-0.2, 0) is 9.59 Å². The van der Waals surface area contributed by atoms with Gasteiger partial charge in [0.25, 0.3) is 5.91 Å². The van der Waals surface area contributed by atoms with Gasteiger partial charge in [0.05, 0.1) is 19.1 Å². The first-order valence-corrected chi connectivity index (χ1v) is 10.3. The van der Waals surface area contributed by atoms with Crippen molar-refractivity contribution < 1.29 is 24.2 Å². The summed E-state index contributed by atoms with van der Waals surface area (Å²) in [6.07, 6.45) is 3.88.